The first-order valence-corrected chi connectivity index (χ1v) is 29.4. The Labute approximate surface area is 421 Å². The highest BCUT2D eigenvalue weighted by Gasteiger charge is 2.36. The average molecular weight is 1040 g/mol. The number of carbonyl (C=O) groups excluding carboxylic acids is 2. The molecular formula is C53H71ClN4O9S3. The van der Waals surface area contributed by atoms with E-state index in [1.807, 2.05) is 41.3 Å². The van der Waals surface area contributed by atoms with Crippen molar-refractivity contribution in [2.75, 3.05) is 60.4 Å². The molecule has 0 aromatic heterocycles. The second-order valence-electron chi connectivity index (χ2n) is 21.1. The maximum atomic E-state index is 12.9. The Morgan fingerprint density at radius 1 is 0.600 bits per heavy atom. The number of aliphatic hydroxyl groups is 1. The normalized spacial score (nSPS) is 17.6. The number of piperidine rings is 3. The molecule has 3 heterocycles. The smallest absolute Gasteiger partial charge is 0.261 e. The molecule has 0 atom stereocenters. The molecule has 4 aromatic carbocycles. The van der Waals surface area contributed by atoms with Gasteiger partial charge in [0.25, 0.3) is 10.0 Å². The fourth-order valence-electron chi connectivity index (χ4n) is 8.90. The summed E-state index contributed by atoms with van der Waals surface area (Å²) in [5.41, 5.74) is 3.36. The van der Waals surface area contributed by atoms with E-state index in [1.165, 1.54) is 12.1 Å². The fraction of sp³-hybridized carbons (Fsp3) is 0.509. The summed E-state index contributed by atoms with van der Waals surface area (Å²) in [7, 11) is -9.98. The van der Waals surface area contributed by atoms with Crippen molar-refractivity contribution in [3.05, 3.63) is 125 Å². The minimum atomic E-state index is -3.66. The highest BCUT2D eigenvalue weighted by Crippen LogP contribution is 2.35. The number of benzene rings is 4. The second kappa shape index (κ2) is 22.5. The summed E-state index contributed by atoms with van der Waals surface area (Å²) in [6.07, 6.45) is 4.68. The minimum absolute atomic E-state index is 0.00950. The van der Waals surface area contributed by atoms with Crippen molar-refractivity contribution in [3.63, 3.8) is 0 Å². The molecule has 4 aromatic rings. The van der Waals surface area contributed by atoms with Crippen molar-refractivity contribution in [2.24, 2.45) is 11.8 Å². The number of hydrogen-bond donors (Lipinski definition) is 2. The highest BCUT2D eigenvalue weighted by atomic mass is 35.5. The van der Waals surface area contributed by atoms with Crippen LogP contribution in [0, 0.1) is 11.8 Å². The number of nitrogens with one attached hydrogen (secondary N) is 1. The molecule has 0 aliphatic carbocycles. The van der Waals surface area contributed by atoms with Crippen LogP contribution in [-0.2, 0) is 57.7 Å². The molecule has 2 N–H and O–H groups in total. The van der Waals surface area contributed by atoms with E-state index >= 15 is 0 Å². The predicted octanol–water partition coefficient (Wildman–Crippen LogP) is 8.30. The number of anilines is 2. The second-order valence-corrected chi connectivity index (χ2v) is 28.8. The van der Waals surface area contributed by atoms with Crippen LogP contribution in [0.2, 0.25) is 5.02 Å². The molecule has 3 aliphatic heterocycles. The summed E-state index contributed by atoms with van der Waals surface area (Å²) in [5.74, 6) is 0.650. The Hall–Kier alpha value is -4.48. The van der Waals surface area contributed by atoms with Gasteiger partial charge in [-0.1, -0.05) is 66.2 Å². The van der Waals surface area contributed by atoms with Crippen molar-refractivity contribution < 1.29 is 39.9 Å². The summed E-state index contributed by atoms with van der Waals surface area (Å²) in [6.45, 7) is 14.2. The Balaban J connectivity index is 0.000000231. The van der Waals surface area contributed by atoms with Crippen molar-refractivity contribution in [1.82, 2.24) is 9.80 Å². The lowest BCUT2D eigenvalue weighted by Gasteiger charge is -2.39. The van der Waals surface area contributed by atoms with E-state index in [9.17, 15) is 39.9 Å². The van der Waals surface area contributed by atoms with Crippen LogP contribution in [0.4, 0.5) is 11.4 Å². The number of carbonyl (C=O) groups is 2. The number of hydrogen-bond acceptors (Lipinski definition) is 10. The molecule has 0 spiro atoms. The maximum absolute atomic E-state index is 12.9. The first-order chi connectivity index (χ1) is 32.7. The monoisotopic (exact) mass is 1040 g/mol. The first-order valence-electron chi connectivity index (χ1n) is 24.2. The van der Waals surface area contributed by atoms with E-state index < -0.39 is 44.8 Å². The molecule has 382 valence electrons. The number of nitrogens with zero attached hydrogens (tertiary/aromatic N) is 3. The third-order valence-electron chi connectivity index (χ3n) is 14.0. The van der Waals surface area contributed by atoms with Gasteiger partial charge in [-0.2, -0.15) is 0 Å². The topological polar surface area (TPSA) is 179 Å². The summed E-state index contributed by atoms with van der Waals surface area (Å²) in [5, 5.41) is 11.8. The predicted molar refractivity (Wildman–Crippen MR) is 280 cm³/mol. The molecule has 0 bridgehead atoms. The maximum Gasteiger partial charge on any atom is 0.261 e. The SMILES string of the molecule is CC(C)(C)S(=O)(=O)CC1CCN(C(=O)Cc2ccc(N3CCC(O)(c4ccc(Cl)cc4)CC3)cc2)CC1.CC(C)(C)S(=O)(=O)CC1CCN(C(=O)Cc2ccc(NS(=O)(=O)c3ccccc3)cc2)CC1. The van der Waals surface area contributed by atoms with Gasteiger partial charge in [0.1, 0.15) is 0 Å². The molecule has 0 radical (unpaired) electrons. The van der Waals surface area contributed by atoms with Crippen LogP contribution in [0.3, 0.4) is 0 Å². The van der Waals surface area contributed by atoms with E-state index in [2.05, 4.69) is 21.8 Å². The standard InChI is InChI=1S/C29H39ClN2O4S.C24H32N2O5S2/c1-28(2,3)37(35,36)21-23-12-16-32(17-13-23)27(33)20-22-4-10-26(11-5-22)31-18-14-29(34,15-19-31)24-6-8-25(30)9-7-24;1-24(2,3)32(28,29)18-20-13-15-26(16-14-20)23(27)17-19-9-11-21(12-10-19)25-33(30,31)22-7-5-4-6-8-22/h4-11,23,34H,12-21H2,1-3H3;4-12,20,25H,13-18H2,1-3H3. The largest absolute Gasteiger partial charge is 0.385 e. The van der Waals surface area contributed by atoms with E-state index in [0.29, 0.717) is 69.0 Å². The highest BCUT2D eigenvalue weighted by molar-refractivity contribution is 7.93. The van der Waals surface area contributed by atoms with Crippen LogP contribution in [0.15, 0.2) is 108 Å². The number of halogens is 1. The Kier molecular flexibility index (Phi) is 17.6. The van der Waals surface area contributed by atoms with E-state index in [0.717, 1.165) is 48.3 Å². The van der Waals surface area contributed by atoms with Gasteiger partial charge in [-0.25, -0.2) is 25.3 Å². The van der Waals surface area contributed by atoms with Crippen LogP contribution in [0.1, 0.15) is 96.8 Å². The third-order valence-corrected chi connectivity index (χ3v) is 21.2. The Morgan fingerprint density at radius 3 is 1.43 bits per heavy atom. The zero-order valence-electron chi connectivity index (χ0n) is 41.4. The van der Waals surface area contributed by atoms with Gasteiger partial charge in [0.2, 0.25) is 11.8 Å². The average Bonchev–Trinajstić information content (AvgIpc) is 3.30. The van der Waals surface area contributed by atoms with Gasteiger partial charge in [0.15, 0.2) is 19.7 Å². The lowest BCUT2D eigenvalue weighted by Crippen LogP contribution is -2.42. The van der Waals surface area contributed by atoms with Gasteiger partial charge in [-0.05, 0) is 157 Å². The zero-order chi connectivity index (χ0) is 51.1. The molecule has 70 heavy (non-hydrogen) atoms. The molecule has 17 heteroatoms. The van der Waals surface area contributed by atoms with Gasteiger partial charge in [-0.3, -0.25) is 14.3 Å². The van der Waals surface area contributed by atoms with Gasteiger partial charge in [0.05, 0.1) is 44.3 Å². The van der Waals surface area contributed by atoms with Crippen LogP contribution < -0.4 is 9.62 Å². The number of sulfonamides is 1. The number of rotatable bonds is 13. The summed E-state index contributed by atoms with van der Waals surface area (Å²) >= 11 is 5.99. The molecule has 3 saturated heterocycles. The number of amides is 2. The molecule has 0 saturated carbocycles. The first kappa shape index (κ1) is 54.8. The molecule has 3 fully saturated rings. The molecule has 13 nitrogen and oxygen atoms in total. The van der Waals surface area contributed by atoms with Crippen molar-refractivity contribution in [3.8, 4) is 0 Å². The van der Waals surface area contributed by atoms with Crippen LogP contribution in [0.25, 0.3) is 0 Å². The zero-order valence-corrected chi connectivity index (χ0v) is 44.6. The van der Waals surface area contributed by atoms with Gasteiger partial charge in [0, 0.05) is 55.7 Å². The van der Waals surface area contributed by atoms with Gasteiger partial charge >= 0.3 is 0 Å². The molecule has 0 unspecified atom stereocenters. The molecule has 7 rings (SSSR count). The van der Waals surface area contributed by atoms with Crippen LogP contribution in [0.5, 0.6) is 0 Å². The van der Waals surface area contributed by atoms with Crippen LogP contribution in [-0.4, -0.2) is 112 Å². The summed E-state index contributed by atoms with van der Waals surface area (Å²) in [4.78, 5) is 31.7. The minimum Gasteiger partial charge on any atom is -0.385 e. The summed E-state index contributed by atoms with van der Waals surface area (Å²) < 4.78 is 75.8. The van der Waals surface area contributed by atoms with E-state index in [1.54, 1.807) is 88.9 Å². The fourth-order valence-corrected chi connectivity index (χ4v) is 13.0. The van der Waals surface area contributed by atoms with Crippen molar-refractivity contribution in [2.45, 2.75) is 113 Å². The quantitative estimate of drug-likeness (QED) is 0.132. The van der Waals surface area contributed by atoms with Gasteiger partial charge in [-0.15, -0.1) is 0 Å². The molecular weight excluding hydrogens is 968 g/mol. The molecule has 2 amide bonds. The lowest BCUT2D eigenvalue weighted by molar-refractivity contribution is -0.132. The third kappa shape index (κ3) is 14.6. The number of likely N-dealkylation sites (tertiary alicyclic amines) is 2. The van der Waals surface area contributed by atoms with Crippen molar-refractivity contribution in [1.29, 1.82) is 0 Å². The number of sulfone groups is 2. The molecule has 3 aliphatic rings. The van der Waals surface area contributed by atoms with E-state index in [-0.39, 0.29) is 46.5 Å². The van der Waals surface area contributed by atoms with Crippen LogP contribution >= 0.6 is 11.6 Å². The summed E-state index contributed by atoms with van der Waals surface area (Å²) in [6, 6.07) is 30.5. The van der Waals surface area contributed by atoms with Crippen molar-refractivity contribution >= 4 is 64.5 Å². The Morgan fingerprint density at radius 2 is 1.01 bits per heavy atom. The lowest BCUT2D eigenvalue weighted by atomic mass is 9.84. The van der Waals surface area contributed by atoms with E-state index in [4.69, 9.17) is 11.6 Å². The Bertz CT molecular complexity index is 2720. The van der Waals surface area contributed by atoms with Gasteiger partial charge < -0.3 is 19.8 Å².